The first-order valence-corrected chi connectivity index (χ1v) is 4.13. The van der Waals surface area contributed by atoms with E-state index in [4.69, 9.17) is 5.11 Å². The van der Waals surface area contributed by atoms with Gasteiger partial charge < -0.3 is 5.11 Å². The van der Waals surface area contributed by atoms with Gasteiger partial charge in [0.1, 0.15) is 5.78 Å². The highest BCUT2D eigenvalue weighted by atomic mass is 32.2. The number of ketones is 1. The number of hydrogen-bond donors (Lipinski definition) is 1. The maximum Gasteiger partial charge on any atom is 0.136 e. The lowest BCUT2D eigenvalue weighted by atomic mass is 10.0. The molecule has 0 radical (unpaired) electrons. The van der Waals surface area contributed by atoms with Crippen molar-refractivity contribution in [3.63, 3.8) is 0 Å². The summed E-state index contributed by atoms with van der Waals surface area (Å²) in [5, 5.41) is 9.12. The van der Waals surface area contributed by atoms with Gasteiger partial charge in [0.2, 0.25) is 0 Å². The number of rotatable bonds is 1. The van der Waals surface area contributed by atoms with Crippen molar-refractivity contribution in [2.45, 2.75) is 13.0 Å². The van der Waals surface area contributed by atoms with Gasteiger partial charge in [-0.05, 0) is 6.92 Å². The van der Waals surface area contributed by atoms with Crippen LogP contribution in [0.2, 0.25) is 0 Å². The Labute approximate surface area is 58.6 Å². The van der Waals surface area contributed by atoms with Crippen LogP contribution >= 0.6 is 11.8 Å². The van der Waals surface area contributed by atoms with Gasteiger partial charge in [-0.3, -0.25) is 4.79 Å². The van der Waals surface area contributed by atoms with E-state index in [2.05, 4.69) is 0 Å². The van der Waals surface area contributed by atoms with Crippen molar-refractivity contribution in [3.8, 4) is 0 Å². The summed E-state index contributed by atoms with van der Waals surface area (Å²) in [4.78, 5) is 10.7. The maximum atomic E-state index is 10.7. The molecule has 0 bridgehead atoms. The molecule has 3 heteroatoms. The van der Waals surface area contributed by atoms with Crippen molar-refractivity contribution in [1.29, 1.82) is 0 Å². The average Bonchev–Trinajstić information content (AvgIpc) is 2.13. The third-order valence-electron chi connectivity index (χ3n) is 1.57. The summed E-state index contributed by atoms with van der Waals surface area (Å²) < 4.78 is 0. The van der Waals surface area contributed by atoms with Crippen LogP contribution in [0.25, 0.3) is 0 Å². The highest BCUT2D eigenvalue weighted by molar-refractivity contribution is 7.99. The second-order valence-electron chi connectivity index (χ2n) is 2.32. The van der Waals surface area contributed by atoms with Crippen LogP contribution in [0.3, 0.4) is 0 Å². The van der Waals surface area contributed by atoms with Crippen molar-refractivity contribution < 1.29 is 9.90 Å². The van der Waals surface area contributed by atoms with Crippen LogP contribution in [-0.4, -0.2) is 28.5 Å². The first-order chi connectivity index (χ1) is 4.22. The van der Waals surface area contributed by atoms with E-state index in [9.17, 15) is 4.79 Å². The van der Waals surface area contributed by atoms with Crippen LogP contribution in [0.1, 0.15) is 6.92 Å². The Morgan fingerprint density at radius 2 is 2.33 bits per heavy atom. The molecule has 1 rings (SSSR count). The number of Topliss-reactive ketones (excluding diaryl/α,β-unsaturated/α-hetero) is 1. The SMILES string of the molecule is CC(=O)[C@H]1CSC[C@H]1O. The standard InChI is InChI=1S/C6H10O2S/c1-4(7)5-2-9-3-6(5)8/h5-6,8H,2-3H2,1H3/t5-,6-/m1/s1. The predicted molar refractivity (Wildman–Crippen MR) is 37.5 cm³/mol. The van der Waals surface area contributed by atoms with Gasteiger partial charge in [0.05, 0.1) is 12.0 Å². The molecule has 0 saturated carbocycles. The van der Waals surface area contributed by atoms with E-state index >= 15 is 0 Å². The molecule has 9 heavy (non-hydrogen) atoms. The van der Waals surface area contributed by atoms with E-state index in [0.717, 1.165) is 11.5 Å². The van der Waals surface area contributed by atoms with Crippen molar-refractivity contribution >= 4 is 17.5 Å². The summed E-state index contributed by atoms with van der Waals surface area (Å²) >= 11 is 1.65. The summed E-state index contributed by atoms with van der Waals surface area (Å²) in [5.74, 6) is 1.56. The fourth-order valence-electron chi connectivity index (χ4n) is 0.931. The topological polar surface area (TPSA) is 37.3 Å². The van der Waals surface area contributed by atoms with Gasteiger partial charge in [0, 0.05) is 11.5 Å². The Balaban J connectivity index is 2.49. The largest absolute Gasteiger partial charge is 0.391 e. The zero-order valence-corrected chi connectivity index (χ0v) is 6.15. The molecule has 2 atom stereocenters. The lowest BCUT2D eigenvalue weighted by Gasteiger charge is -2.07. The number of aliphatic hydroxyl groups is 1. The lowest BCUT2D eigenvalue weighted by molar-refractivity contribution is -0.122. The van der Waals surface area contributed by atoms with Gasteiger partial charge in [0.15, 0.2) is 0 Å². The molecule has 52 valence electrons. The van der Waals surface area contributed by atoms with Gasteiger partial charge in [-0.2, -0.15) is 11.8 Å². The zero-order chi connectivity index (χ0) is 6.85. The minimum Gasteiger partial charge on any atom is -0.391 e. The molecule has 1 N–H and O–H groups in total. The van der Waals surface area contributed by atoms with Crippen molar-refractivity contribution in [2.24, 2.45) is 5.92 Å². The minimum atomic E-state index is -0.382. The van der Waals surface area contributed by atoms with Crippen molar-refractivity contribution in [3.05, 3.63) is 0 Å². The van der Waals surface area contributed by atoms with Crippen molar-refractivity contribution in [2.75, 3.05) is 11.5 Å². The van der Waals surface area contributed by atoms with E-state index in [1.54, 1.807) is 18.7 Å². The molecule has 1 fully saturated rings. The molecule has 1 saturated heterocycles. The summed E-state index contributed by atoms with van der Waals surface area (Å²) in [6, 6.07) is 0. The minimum absolute atomic E-state index is 0.0880. The van der Waals surface area contributed by atoms with Crippen LogP contribution in [-0.2, 0) is 4.79 Å². The molecule has 1 aliphatic rings. The van der Waals surface area contributed by atoms with Crippen LogP contribution < -0.4 is 0 Å². The maximum absolute atomic E-state index is 10.7. The van der Waals surface area contributed by atoms with Gasteiger partial charge in [-0.25, -0.2) is 0 Å². The Morgan fingerprint density at radius 1 is 1.67 bits per heavy atom. The second-order valence-corrected chi connectivity index (χ2v) is 3.40. The van der Waals surface area contributed by atoms with Crippen LogP contribution in [0.15, 0.2) is 0 Å². The predicted octanol–water partition coefficient (Wildman–Crippen LogP) is 0.299. The normalized spacial score (nSPS) is 34.9. The Hall–Kier alpha value is -0.0200. The number of thioether (sulfide) groups is 1. The smallest absolute Gasteiger partial charge is 0.136 e. The average molecular weight is 146 g/mol. The van der Waals surface area contributed by atoms with Crippen LogP contribution in [0.5, 0.6) is 0 Å². The second kappa shape index (κ2) is 2.71. The van der Waals surface area contributed by atoms with E-state index in [1.165, 1.54) is 0 Å². The zero-order valence-electron chi connectivity index (χ0n) is 5.33. The first kappa shape index (κ1) is 7.09. The van der Waals surface area contributed by atoms with Gasteiger partial charge in [-0.1, -0.05) is 0 Å². The molecule has 1 heterocycles. The molecule has 0 amide bonds. The van der Waals surface area contributed by atoms with Gasteiger partial charge in [0.25, 0.3) is 0 Å². The molecule has 0 aromatic rings. The molecule has 0 aromatic heterocycles. The van der Waals surface area contributed by atoms with Crippen LogP contribution in [0, 0.1) is 5.92 Å². The fraction of sp³-hybridized carbons (Fsp3) is 0.833. The molecule has 0 aromatic carbocycles. The third-order valence-corrected chi connectivity index (χ3v) is 2.74. The molecule has 0 spiro atoms. The number of hydrogen-bond acceptors (Lipinski definition) is 3. The molecule has 2 nitrogen and oxygen atoms in total. The quantitative estimate of drug-likeness (QED) is 0.578. The fourth-order valence-corrected chi connectivity index (χ4v) is 2.25. The molecular formula is C6H10O2S. The van der Waals surface area contributed by atoms with E-state index in [1.807, 2.05) is 0 Å². The summed E-state index contributed by atoms with van der Waals surface area (Å²) in [7, 11) is 0. The summed E-state index contributed by atoms with van der Waals surface area (Å²) in [5.41, 5.74) is 0. The monoisotopic (exact) mass is 146 g/mol. The summed E-state index contributed by atoms with van der Waals surface area (Å²) in [6.07, 6.45) is -0.382. The Morgan fingerprint density at radius 3 is 2.56 bits per heavy atom. The molecular weight excluding hydrogens is 136 g/mol. The Bertz CT molecular complexity index is 124. The Kier molecular flexibility index (Phi) is 2.13. The van der Waals surface area contributed by atoms with E-state index in [0.29, 0.717) is 0 Å². The van der Waals surface area contributed by atoms with E-state index < -0.39 is 0 Å². The lowest BCUT2D eigenvalue weighted by Crippen LogP contribution is -2.24. The van der Waals surface area contributed by atoms with E-state index in [-0.39, 0.29) is 17.8 Å². The van der Waals surface area contributed by atoms with Gasteiger partial charge >= 0.3 is 0 Å². The van der Waals surface area contributed by atoms with Crippen LogP contribution in [0.4, 0.5) is 0 Å². The molecule has 1 aliphatic heterocycles. The molecule has 0 aliphatic carbocycles. The highest BCUT2D eigenvalue weighted by Crippen LogP contribution is 2.24. The number of carbonyl (C=O) groups is 1. The summed E-state index contributed by atoms with van der Waals surface area (Å²) in [6.45, 7) is 1.54. The molecule has 0 unspecified atom stereocenters. The first-order valence-electron chi connectivity index (χ1n) is 2.98. The van der Waals surface area contributed by atoms with Crippen molar-refractivity contribution in [1.82, 2.24) is 0 Å². The van der Waals surface area contributed by atoms with Gasteiger partial charge in [-0.15, -0.1) is 0 Å². The number of aliphatic hydroxyl groups excluding tert-OH is 1. The third kappa shape index (κ3) is 1.46. The highest BCUT2D eigenvalue weighted by Gasteiger charge is 2.28. The number of carbonyl (C=O) groups excluding carboxylic acids is 1.